The van der Waals surface area contributed by atoms with Gasteiger partial charge in [-0.2, -0.15) is 0 Å². The van der Waals surface area contributed by atoms with Crippen molar-refractivity contribution in [2.24, 2.45) is 0 Å². The number of hydrogen-bond acceptors (Lipinski definition) is 1. The minimum atomic E-state index is 0.0582. The van der Waals surface area contributed by atoms with Gasteiger partial charge in [-0.3, -0.25) is 4.79 Å². The highest BCUT2D eigenvalue weighted by atomic mass is 35.5. The fourth-order valence-electron chi connectivity index (χ4n) is 2.78. The fraction of sp³-hybridized carbons (Fsp3) is 0.278. The van der Waals surface area contributed by atoms with E-state index in [-0.39, 0.29) is 5.91 Å². The van der Waals surface area contributed by atoms with E-state index >= 15 is 0 Å². The minimum absolute atomic E-state index is 0.0582. The highest BCUT2D eigenvalue weighted by Crippen LogP contribution is 2.25. The number of anilines is 1. The number of fused-ring (bicyclic) bond motifs is 1. The standard InChI is InChI=1S/C18H18ClNO/c19-16-8-4-13(5-9-16)6-11-18(21)20-17-10-7-14-2-1-3-15(14)12-17/h4-5,7-10,12H,1-3,6,11H2,(H,20,21). The van der Waals surface area contributed by atoms with Gasteiger partial charge in [0.05, 0.1) is 0 Å². The molecule has 0 spiro atoms. The smallest absolute Gasteiger partial charge is 0.224 e. The second-order valence-corrected chi connectivity index (χ2v) is 5.95. The van der Waals surface area contributed by atoms with Gasteiger partial charge >= 0.3 is 0 Å². The molecule has 1 N–H and O–H groups in total. The zero-order valence-electron chi connectivity index (χ0n) is 11.9. The molecule has 0 bridgehead atoms. The van der Waals surface area contributed by atoms with Crippen LogP contribution in [0.25, 0.3) is 0 Å². The first-order valence-corrected chi connectivity index (χ1v) is 7.74. The minimum Gasteiger partial charge on any atom is -0.326 e. The molecule has 0 atom stereocenters. The lowest BCUT2D eigenvalue weighted by Gasteiger charge is -2.07. The van der Waals surface area contributed by atoms with E-state index in [9.17, 15) is 4.79 Å². The largest absolute Gasteiger partial charge is 0.326 e. The fourth-order valence-corrected chi connectivity index (χ4v) is 2.91. The SMILES string of the molecule is O=C(CCc1ccc(Cl)cc1)Nc1ccc2c(c1)CCC2. The van der Waals surface area contributed by atoms with Gasteiger partial charge in [0.2, 0.25) is 5.91 Å². The molecule has 0 saturated heterocycles. The lowest BCUT2D eigenvalue weighted by atomic mass is 10.1. The zero-order valence-corrected chi connectivity index (χ0v) is 12.6. The molecule has 0 saturated carbocycles. The normalized spacial score (nSPS) is 13.0. The Morgan fingerprint density at radius 3 is 2.62 bits per heavy atom. The van der Waals surface area contributed by atoms with Crippen LogP contribution in [0.15, 0.2) is 42.5 Å². The maximum absolute atomic E-state index is 12.0. The summed E-state index contributed by atoms with van der Waals surface area (Å²) >= 11 is 5.85. The molecule has 0 fully saturated rings. The van der Waals surface area contributed by atoms with Crippen LogP contribution in [0.4, 0.5) is 5.69 Å². The number of halogens is 1. The highest BCUT2D eigenvalue weighted by Gasteiger charge is 2.11. The number of aryl methyl sites for hydroxylation is 3. The monoisotopic (exact) mass is 299 g/mol. The summed E-state index contributed by atoms with van der Waals surface area (Å²) in [7, 11) is 0. The van der Waals surface area contributed by atoms with Gasteiger partial charge in [-0.15, -0.1) is 0 Å². The molecule has 0 aromatic heterocycles. The molecular formula is C18H18ClNO. The lowest BCUT2D eigenvalue weighted by Crippen LogP contribution is -2.12. The van der Waals surface area contributed by atoms with Crippen molar-refractivity contribution in [3.8, 4) is 0 Å². The Morgan fingerprint density at radius 1 is 1.05 bits per heavy atom. The summed E-state index contributed by atoms with van der Waals surface area (Å²) < 4.78 is 0. The molecule has 1 aliphatic carbocycles. The molecule has 108 valence electrons. The van der Waals surface area contributed by atoms with Gasteiger partial charge in [0, 0.05) is 17.1 Å². The van der Waals surface area contributed by atoms with Crippen molar-refractivity contribution >= 4 is 23.2 Å². The summed E-state index contributed by atoms with van der Waals surface area (Å²) in [6.45, 7) is 0. The quantitative estimate of drug-likeness (QED) is 0.891. The van der Waals surface area contributed by atoms with Gasteiger partial charge in [-0.25, -0.2) is 0 Å². The van der Waals surface area contributed by atoms with Crippen LogP contribution in [0.1, 0.15) is 29.5 Å². The Morgan fingerprint density at radius 2 is 1.81 bits per heavy atom. The van der Waals surface area contributed by atoms with Gasteiger partial charge in [-0.05, 0) is 66.6 Å². The van der Waals surface area contributed by atoms with E-state index < -0.39 is 0 Å². The van der Waals surface area contributed by atoms with Gasteiger partial charge in [-0.1, -0.05) is 29.8 Å². The number of nitrogens with one attached hydrogen (secondary N) is 1. The topological polar surface area (TPSA) is 29.1 Å². The van der Waals surface area contributed by atoms with E-state index in [4.69, 9.17) is 11.6 Å². The van der Waals surface area contributed by atoms with Crippen molar-refractivity contribution in [1.29, 1.82) is 0 Å². The van der Waals surface area contributed by atoms with Crippen molar-refractivity contribution < 1.29 is 4.79 Å². The molecule has 2 aromatic rings. The van der Waals surface area contributed by atoms with Crippen molar-refractivity contribution in [3.63, 3.8) is 0 Å². The van der Waals surface area contributed by atoms with Crippen molar-refractivity contribution in [3.05, 3.63) is 64.2 Å². The number of carbonyl (C=O) groups is 1. The molecule has 0 heterocycles. The summed E-state index contributed by atoms with van der Waals surface area (Å²) in [5.74, 6) is 0.0582. The number of hydrogen-bond donors (Lipinski definition) is 1. The first-order valence-electron chi connectivity index (χ1n) is 7.37. The average molecular weight is 300 g/mol. The maximum atomic E-state index is 12.0. The first kappa shape index (κ1) is 14.2. The predicted molar refractivity (Wildman–Crippen MR) is 86.9 cm³/mol. The van der Waals surface area contributed by atoms with Crippen molar-refractivity contribution in [1.82, 2.24) is 0 Å². The molecule has 0 unspecified atom stereocenters. The number of rotatable bonds is 4. The van der Waals surface area contributed by atoms with E-state index in [1.807, 2.05) is 30.3 Å². The second-order valence-electron chi connectivity index (χ2n) is 5.51. The molecule has 3 rings (SSSR count). The Kier molecular flexibility index (Phi) is 4.26. The van der Waals surface area contributed by atoms with Crippen LogP contribution in [-0.2, 0) is 24.1 Å². The Balaban J connectivity index is 1.55. The second kappa shape index (κ2) is 6.31. The maximum Gasteiger partial charge on any atom is 0.224 e. The summed E-state index contributed by atoms with van der Waals surface area (Å²) in [6, 6.07) is 13.9. The average Bonchev–Trinajstić information content (AvgIpc) is 2.94. The van der Waals surface area contributed by atoms with Gasteiger partial charge in [0.25, 0.3) is 0 Å². The molecule has 0 radical (unpaired) electrons. The third kappa shape index (κ3) is 3.64. The van der Waals surface area contributed by atoms with E-state index in [2.05, 4.69) is 17.4 Å². The van der Waals surface area contributed by atoms with Crippen LogP contribution >= 0.6 is 11.6 Å². The van der Waals surface area contributed by atoms with E-state index in [1.165, 1.54) is 24.0 Å². The third-order valence-electron chi connectivity index (χ3n) is 3.94. The summed E-state index contributed by atoms with van der Waals surface area (Å²) in [5.41, 5.74) is 4.85. The van der Waals surface area contributed by atoms with Crippen LogP contribution in [0.2, 0.25) is 5.02 Å². The first-order chi connectivity index (χ1) is 10.2. The molecule has 21 heavy (non-hydrogen) atoms. The third-order valence-corrected chi connectivity index (χ3v) is 4.19. The number of carbonyl (C=O) groups excluding carboxylic acids is 1. The van der Waals surface area contributed by atoms with Crippen LogP contribution in [0, 0.1) is 0 Å². The Bertz CT molecular complexity index is 649. The molecule has 1 amide bonds. The van der Waals surface area contributed by atoms with Crippen LogP contribution in [0.5, 0.6) is 0 Å². The van der Waals surface area contributed by atoms with E-state index in [0.717, 1.165) is 29.1 Å². The molecule has 0 aliphatic heterocycles. The molecule has 2 nitrogen and oxygen atoms in total. The predicted octanol–water partition coefficient (Wildman–Crippen LogP) is 4.40. The molecule has 3 heteroatoms. The summed E-state index contributed by atoms with van der Waals surface area (Å²) in [4.78, 5) is 12.0. The zero-order chi connectivity index (χ0) is 14.7. The van der Waals surface area contributed by atoms with Gasteiger partial charge in [0.1, 0.15) is 0 Å². The van der Waals surface area contributed by atoms with Gasteiger partial charge in [0.15, 0.2) is 0 Å². The van der Waals surface area contributed by atoms with Gasteiger partial charge < -0.3 is 5.32 Å². The number of amides is 1. The summed E-state index contributed by atoms with van der Waals surface area (Å²) in [5, 5.41) is 3.71. The number of benzene rings is 2. The molecule has 1 aliphatic rings. The van der Waals surface area contributed by atoms with E-state index in [1.54, 1.807) is 0 Å². The van der Waals surface area contributed by atoms with Crippen LogP contribution in [0.3, 0.4) is 0 Å². The van der Waals surface area contributed by atoms with E-state index in [0.29, 0.717) is 6.42 Å². The lowest BCUT2D eigenvalue weighted by molar-refractivity contribution is -0.116. The van der Waals surface area contributed by atoms with Crippen molar-refractivity contribution in [2.75, 3.05) is 5.32 Å². The molecule has 2 aromatic carbocycles. The molecular weight excluding hydrogens is 282 g/mol. The highest BCUT2D eigenvalue weighted by molar-refractivity contribution is 6.30. The van der Waals surface area contributed by atoms with Crippen LogP contribution in [-0.4, -0.2) is 5.91 Å². The Hall–Kier alpha value is -1.80. The van der Waals surface area contributed by atoms with Crippen molar-refractivity contribution in [2.45, 2.75) is 32.1 Å². The summed E-state index contributed by atoms with van der Waals surface area (Å²) in [6.07, 6.45) is 4.74. The Labute approximate surface area is 130 Å². The van der Waals surface area contributed by atoms with Crippen LogP contribution < -0.4 is 5.32 Å².